The zero-order chi connectivity index (χ0) is 12.4. The highest BCUT2D eigenvalue weighted by Crippen LogP contribution is 2.23. The second-order valence-electron chi connectivity index (χ2n) is 4.20. The minimum Gasteiger partial charge on any atom is -0.338 e. The summed E-state index contributed by atoms with van der Waals surface area (Å²) >= 11 is 3.32. The van der Waals surface area contributed by atoms with Gasteiger partial charge in [-0.3, -0.25) is 4.79 Å². The van der Waals surface area contributed by atoms with E-state index in [1.54, 1.807) is 0 Å². The number of benzene rings is 1. The lowest BCUT2D eigenvalue weighted by molar-refractivity contribution is -0.128. The molecule has 1 heterocycles. The van der Waals surface area contributed by atoms with Gasteiger partial charge in [-0.2, -0.15) is 0 Å². The van der Waals surface area contributed by atoms with E-state index in [4.69, 9.17) is 0 Å². The molecule has 0 saturated carbocycles. The minimum absolute atomic E-state index is 0.0147. The molecule has 2 rings (SSSR count). The van der Waals surface area contributed by atoms with Gasteiger partial charge in [0.25, 0.3) is 0 Å². The lowest BCUT2D eigenvalue weighted by Gasteiger charge is -2.17. The molecule has 1 fully saturated rings. The van der Waals surface area contributed by atoms with Gasteiger partial charge in [0.15, 0.2) is 0 Å². The van der Waals surface area contributed by atoms with E-state index in [1.165, 1.54) is 23.1 Å². The van der Waals surface area contributed by atoms with Gasteiger partial charge in [-0.15, -0.1) is 0 Å². The number of hydrogen-bond donors (Lipinski definition) is 0. The van der Waals surface area contributed by atoms with Gasteiger partial charge >= 0.3 is 0 Å². The molecule has 1 unspecified atom stereocenters. The van der Waals surface area contributed by atoms with E-state index >= 15 is 0 Å². The molecule has 0 aromatic heterocycles. The molecular weight excluding hydrogens is 292 g/mol. The summed E-state index contributed by atoms with van der Waals surface area (Å²) in [4.78, 5) is 13.1. The van der Waals surface area contributed by atoms with Crippen LogP contribution < -0.4 is 0 Å². The molecular formula is C12H12BrF2NO. The van der Waals surface area contributed by atoms with Crippen molar-refractivity contribution >= 4 is 21.8 Å². The van der Waals surface area contributed by atoms with Gasteiger partial charge in [0, 0.05) is 23.9 Å². The van der Waals surface area contributed by atoms with Crippen molar-refractivity contribution in [2.24, 2.45) is 5.92 Å². The maximum absolute atomic E-state index is 13.4. The Morgan fingerprint density at radius 3 is 2.53 bits per heavy atom. The fraction of sp³-hybridized carbons (Fsp3) is 0.417. The third kappa shape index (κ3) is 2.65. The predicted octanol–water partition coefficient (Wildman–Crippen LogP) is 2.71. The molecule has 17 heavy (non-hydrogen) atoms. The number of hydrogen-bond acceptors (Lipinski definition) is 1. The van der Waals surface area contributed by atoms with Crippen molar-refractivity contribution in [3.63, 3.8) is 0 Å². The zero-order valence-corrected chi connectivity index (χ0v) is 10.7. The minimum atomic E-state index is -0.597. The Morgan fingerprint density at radius 2 is 2.00 bits per heavy atom. The van der Waals surface area contributed by atoms with Crippen LogP contribution >= 0.6 is 15.9 Å². The number of amides is 1. The monoisotopic (exact) mass is 303 g/mol. The Bertz CT molecular complexity index is 418. The first-order chi connectivity index (χ1) is 8.11. The van der Waals surface area contributed by atoms with Gasteiger partial charge in [0.1, 0.15) is 11.6 Å². The molecule has 0 radical (unpaired) electrons. The lowest BCUT2D eigenvalue weighted by atomic mass is 10.1. The van der Waals surface area contributed by atoms with Crippen LogP contribution in [0, 0.1) is 17.6 Å². The van der Waals surface area contributed by atoms with Crippen molar-refractivity contribution in [3.8, 4) is 0 Å². The number of likely N-dealkylation sites (tertiary alicyclic amines) is 1. The van der Waals surface area contributed by atoms with Gasteiger partial charge in [-0.25, -0.2) is 8.78 Å². The molecule has 2 nitrogen and oxygen atoms in total. The highest BCUT2D eigenvalue weighted by Gasteiger charge is 2.29. The molecule has 0 bridgehead atoms. The van der Waals surface area contributed by atoms with Crippen LogP contribution in [0.25, 0.3) is 0 Å². The van der Waals surface area contributed by atoms with Crippen molar-refractivity contribution in [3.05, 3.63) is 35.4 Å². The van der Waals surface area contributed by atoms with Gasteiger partial charge < -0.3 is 4.90 Å². The van der Waals surface area contributed by atoms with Gasteiger partial charge in [0.05, 0.1) is 6.54 Å². The maximum Gasteiger partial charge on any atom is 0.223 e. The SMILES string of the molecule is O=C1CC(CBr)CN1Cc1c(F)cccc1F. The number of rotatable bonds is 3. The van der Waals surface area contributed by atoms with E-state index in [9.17, 15) is 13.6 Å². The molecule has 0 aliphatic carbocycles. The van der Waals surface area contributed by atoms with Crippen molar-refractivity contribution in [1.82, 2.24) is 4.90 Å². The summed E-state index contributed by atoms with van der Waals surface area (Å²) in [5, 5.41) is 0.731. The molecule has 1 aromatic carbocycles. The molecule has 5 heteroatoms. The molecule has 1 amide bonds. The third-order valence-electron chi connectivity index (χ3n) is 2.92. The standard InChI is InChI=1S/C12H12BrF2NO/c13-5-8-4-12(17)16(6-8)7-9-10(14)2-1-3-11(9)15/h1-3,8H,4-7H2. The lowest BCUT2D eigenvalue weighted by Crippen LogP contribution is -2.25. The highest BCUT2D eigenvalue weighted by atomic mass is 79.9. The van der Waals surface area contributed by atoms with Crippen molar-refractivity contribution in [1.29, 1.82) is 0 Å². The number of halogens is 3. The van der Waals surface area contributed by atoms with Gasteiger partial charge in [0.2, 0.25) is 5.91 Å². The Hall–Kier alpha value is -0.970. The fourth-order valence-electron chi connectivity index (χ4n) is 1.98. The van der Waals surface area contributed by atoms with Gasteiger partial charge in [-0.05, 0) is 18.1 Å². The summed E-state index contributed by atoms with van der Waals surface area (Å²) in [6.45, 7) is 0.568. The van der Waals surface area contributed by atoms with Crippen molar-refractivity contribution in [2.75, 3.05) is 11.9 Å². The Morgan fingerprint density at radius 1 is 1.35 bits per heavy atom. The van der Waals surface area contributed by atoms with E-state index in [2.05, 4.69) is 15.9 Å². The summed E-state index contributed by atoms with van der Waals surface area (Å²) in [5.74, 6) is -1.00. The van der Waals surface area contributed by atoms with Gasteiger partial charge in [-0.1, -0.05) is 22.0 Å². The van der Waals surface area contributed by atoms with E-state index < -0.39 is 11.6 Å². The first-order valence-electron chi connectivity index (χ1n) is 5.38. The van der Waals surface area contributed by atoms with Crippen LogP contribution in [0.15, 0.2) is 18.2 Å². The molecule has 0 spiro atoms. The first kappa shape index (κ1) is 12.5. The molecule has 92 valence electrons. The summed E-state index contributed by atoms with van der Waals surface area (Å²) in [5.41, 5.74) is -0.0314. The van der Waals surface area contributed by atoms with Crippen LogP contribution in [0.5, 0.6) is 0 Å². The number of alkyl halides is 1. The summed E-state index contributed by atoms with van der Waals surface area (Å²) in [6.07, 6.45) is 0.446. The number of carbonyl (C=O) groups is 1. The van der Waals surface area contributed by atoms with E-state index in [0.29, 0.717) is 13.0 Å². The normalized spacial score (nSPS) is 20.1. The average molecular weight is 304 g/mol. The average Bonchev–Trinajstić information content (AvgIpc) is 2.65. The zero-order valence-electron chi connectivity index (χ0n) is 9.13. The van der Waals surface area contributed by atoms with Crippen LogP contribution in [0.1, 0.15) is 12.0 Å². The predicted molar refractivity (Wildman–Crippen MR) is 63.7 cm³/mol. The molecule has 1 aliphatic rings. The topological polar surface area (TPSA) is 20.3 Å². The van der Waals surface area contributed by atoms with Crippen molar-refractivity contribution in [2.45, 2.75) is 13.0 Å². The summed E-state index contributed by atoms with van der Waals surface area (Å²) < 4.78 is 26.8. The van der Waals surface area contributed by atoms with E-state index in [0.717, 1.165) is 5.33 Å². The van der Waals surface area contributed by atoms with Crippen LogP contribution in [0.3, 0.4) is 0 Å². The van der Waals surface area contributed by atoms with Crippen molar-refractivity contribution < 1.29 is 13.6 Å². The van der Waals surface area contributed by atoms with Crippen LogP contribution in [0.4, 0.5) is 8.78 Å². The smallest absolute Gasteiger partial charge is 0.223 e. The number of carbonyl (C=O) groups excluding carboxylic acids is 1. The molecule has 1 saturated heterocycles. The fourth-order valence-corrected chi connectivity index (χ4v) is 2.42. The summed E-state index contributed by atoms with van der Waals surface area (Å²) in [6, 6.07) is 3.74. The van der Waals surface area contributed by atoms with Crippen LogP contribution in [-0.2, 0) is 11.3 Å². The highest BCUT2D eigenvalue weighted by molar-refractivity contribution is 9.09. The maximum atomic E-state index is 13.4. The van der Waals surface area contributed by atoms with Crippen LogP contribution in [0.2, 0.25) is 0 Å². The van der Waals surface area contributed by atoms with E-state index in [-0.39, 0.29) is 23.9 Å². The van der Waals surface area contributed by atoms with E-state index in [1.807, 2.05) is 0 Å². The Labute approximate surface area is 107 Å². The molecule has 0 N–H and O–H groups in total. The molecule has 1 aromatic rings. The largest absolute Gasteiger partial charge is 0.338 e. The van der Waals surface area contributed by atoms with Crippen LogP contribution in [-0.4, -0.2) is 22.7 Å². The Balaban J connectivity index is 2.14. The second-order valence-corrected chi connectivity index (χ2v) is 4.85. The third-order valence-corrected chi connectivity index (χ3v) is 3.84. The summed E-state index contributed by atoms with van der Waals surface area (Å²) in [7, 11) is 0. The Kier molecular flexibility index (Phi) is 3.76. The quantitative estimate of drug-likeness (QED) is 0.786. The number of nitrogens with zero attached hydrogens (tertiary/aromatic N) is 1. The first-order valence-corrected chi connectivity index (χ1v) is 6.50. The second kappa shape index (κ2) is 5.12. The molecule has 1 aliphatic heterocycles. The molecule has 1 atom stereocenters.